The second kappa shape index (κ2) is 3.91. The maximum atomic E-state index is 13.7. The third-order valence-corrected chi connectivity index (χ3v) is 2.94. The molecule has 106 valence electrons. The van der Waals surface area contributed by atoms with Crippen LogP contribution in [0.25, 0.3) is 0 Å². The Balaban J connectivity index is 2.66. The van der Waals surface area contributed by atoms with Crippen molar-refractivity contribution in [1.82, 2.24) is 9.78 Å². The molecule has 0 saturated heterocycles. The van der Waals surface area contributed by atoms with Crippen molar-refractivity contribution in [2.75, 3.05) is 0 Å². The molecule has 0 bridgehead atoms. The first kappa shape index (κ1) is 13.8. The van der Waals surface area contributed by atoms with Crippen molar-refractivity contribution in [2.45, 2.75) is 37.9 Å². The molecule has 1 aliphatic rings. The van der Waals surface area contributed by atoms with Crippen LogP contribution in [0.5, 0.6) is 0 Å². The molecule has 0 spiro atoms. The molecule has 1 aromatic rings. The Morgan fingerprint density at radius 2 is 2.11 bits per heavy atom. The molecule has 9 heteroatoms. The summed E-state index contributed by atoms with van der Waals surface area (Å²) in [6.07, 6.45) is -5.66. The third kappa shape index (κ3) is 2.17. The van der Waals surface area contributed by atoms with Gasteiger partial charge in [-0.1, -0.05) is 6.92 Å². The second-order valence-electron chi connectivity index (χ2n) is 4.47. The van der Waals surface area contributed by atoms with Gasteiger partial charge in [0.15, 0.2) is 5.69 Å². The maximum Gasteiger partial charge on any atom is 0.435 e. The number of carboxylic acid groups (broad SMARTS) is 1. The fourth-order valence-corrected chi connectivity index (χ4v) is 2.36. The SMILES string of the molecule is C[C@H]1CC(F)(F)c2c1c(C(F)(F)F)nn2CC(=O)O. The fraction of sp³-hybridized carbons (Fsp3) is 0.600. The number of hydrogen-bond donors (Lipinski definition) is 1. The molecule has 1 N–H and O–H groups in total. The van der Waals surface area contributed by atoms with Crippen LogP contribution < -0.4 is 0 Å². The molecule has 1 atom stereocenters. The lowest BCUT2D eigenvalue weighted by molar-refractivity contribution is -0.144. The summed E-state index contributed by atoms with van der Waals surface area (Å²) in [6.45, 7) is 0.211. The van der Waals surface area contributed by atoms with E-state index >= 15 is 0 Å². The van der Waals surface area contributed by atoms with Crippen molar-refractivity contribution in [1.29, 1.82) is 0 Å². The summed E-state index contributed by atoms with van der Waals surface area (Å²) in [5.41, 5.74) is -2.96. The summed E-state index contributed by atoms with van der Waals surface area (Å²) in [7, 11) is 0. The highest BCUT2D eigenvalue weighted by atomic mass is 19.4. The fourth-order valence-electron chi connectivity index (χ4n) is 2.36. The molecule has 1 aromatic heterocycles. The lowest BCUT2D eigenvalue weighted by atomic mass is 10.0. The van der Waals surface area contributed by atoms with Crippen molar-refractivity contribution < 1.29 is 31.9 Å². The molecule has 0 unspecified atom stereocenters. The number of carboxylic acids is 1. The number of rotatable bonds is 2. The zero-order valence-corrected chi connectivity index (χ0v) is 9.63. The third-order valence-electron chi connectivity index (χ3n) is 2.94. The zero-order valence-electron chi connectivity index (χ0n) is 9.63. The number of fused-ring (bicyclic) bond motifs is 1. The summed E-state index contributed by atoms with van der Waals surface area (Å²) < 4.78 is 65.9. The molecule has 0 aliphatic heterocycles. The maximum absolute atomic E-state index is 13.7. The van der Waals surface area contributed by atoms with Crippen LogP contribution >= 0.6 is 0 Å². The number of halogens is 5. The average molecular weight is 284 g/mol. The van der Waals surface area contributed by atoms with Gasteiger partial charge in [-0.3, -0.25) is 9.48 Å². The van der Waals surface area contributed by atoms with Crippen molar-refractivity contribution in [3.05, 3.63) is 17.0 Å². The van der Waals surface area contributed by atoms with Crippen LogP contribution in [-0.4, -0.2) is 20.9 Å². The number of aromatic nitrogens is 2. The van der Waals surface area contributed by atoms with Crippen LogP contribution in [0, 0.1) is 0 Å². The second-order valence-corrected chi connectivity index (χ2v) is 4.47. The highest BCUT2D eigenvalue weighted by molar-refractivity contribution is 5.66. The Morgan fingerprint density at radius 3 is 2.58 bits per heavy atom. The smallest absolute Gasteiger partial charge is 0.435 e. The number of hydrogen-bond acceptors (Lipinski definition) is 2. The minimum atomic E-state index is -4.89. The molecule has 1 aliphatic carbocycles. The number of nitrogens with zero attached hydrogens (tertiary/aromatic N) is 2. The van der Waals surface area contributed by atoms with Crippen molar-refractivity contribution >= 4 is 5.97 Å². The topological polar surface area (TPSA) is 55.1 Å². The predicted octanol–water partition coefficient (Wildman–Crippen LogP) is 2.59. The van der Waals surface area contributed by atoms with E-state index in [1.807, 2.05) is 0 Å². The Bertz CT molecular complexity index is 535. The summed E-state index contributed by atoms with van der Waals surface area (Å²) in [6, 6.07) is 0. The van der Waals surface area contributed by atoms with Gasteiger partial charge in [0, 0.05) is 12.0 Å². The first-order valence-corrected chi connectivity index (χ1v) is 5.32. The van der Waals surface area contributed by atoms with Crippen LogP contribution in [-0.2, 0) is 23.4 Å². The molecule has 0 saturated carbocycles. The van der Waals surface area contributed by atoms with Crippen molar-refractivity contribution in [3.8, 4) is 0 Å². The van der Waals surface area contributed by atoms with Crippen LogP contribution in [0.2, 0.25) is 0 Å². The first-order chi connectivity index (χ1) is 8.54. The molecular weight excluding hydrogens is 275 g/mol. The molecule has 0 fully saturated rings. The summed E-state index contributed by atoms with van der Waals surface area (Å²) in [4.78, 5) is 10.5. The number of alkyl halides is 5. The molecule has 19 heavy (non-hydrogen) atoms. The van der Waals surface area contributed by atoms with E-state index < -0.39 is 53.9 Å². The predicted molar refractivity (Wildman–Crippen MR) is 51.8 cm³/mol. The monoisotopic (exact) mass is 284 g/mol. The molecule has 0 amide bonds. The number of aliphatic carboxylic acids is 1. The van der Waals surface area contributed by atoms with E-state index in [1.165, 1.54) is 6.92 Å². The normalized spacial score (nSPS) is 21.5. The summed E-state index contributed by atoms with van der Waals surface area (Å²) >= 11 is 0. The molecule has 0 radical (unpaired) electrons. The van der Waals surface area contributed by atoms with Gasteiger partial charge >= 0.3 is 12.1 Å². The van der Waals surface area contributed by atoms with E-state index in [-0.39, 0.29) is 4.68 Å². The van der Waals surface area contributed by atoms with Crippen LogP contribution in [0.4, 0.5) is 22.0 Å². The van der Waals surface area contributed by atoms with Gasteiger partial charge in [0.25, 0.3) is 5.92 Å². The lowest BCUT2D eigenvalue weighted by Crippen LogP contribution is -2.20. The minimum Gasteiger partial charge on any atom is -0.480 e. The van der Waals surface area contributed by atoms with Crippen molar-refractivity contribution in [2.24, 2.45) is 0 Å². The zero-order chi connectivity index (χ0) is 14.6. The van der Waals surface area contributed by atoms with E-state index in [4.69, 9.17) is 5.11 Å². The molecule has 1 heterocycles. The molecule has 4 nitrogen and oxygen atoms in total. The Kier molecular flexibility index (Phi) is 2.83. The first-order valence-electron chi connectivity index (χ1n) is 5.32. The van der Waals surface area contributed by atoms with Crippen LogP contribution in [0.1, 0.15) is 36.2 Å². The molecule has 0 aromatic carbocycles. The van der Waals surface area contributed by atoms with Gasteiger partial charge in [-0.05, 0) is 5.92 Å². The van der Waals surface area contributed by atoms with E-state index in [2.05, 4.69) is 5.10 Å². The quantitative estimate of drug-likeness (QED) is 0.849. The van der Waals surface area contributed by atoms with E-state index in [9.17, 15) is 26.7 Å². The van der Waals surface area contributed by atoms with Crippen LogP contribution in [0.3, 0.4) is 0 Å². The van der Waals surface area contributed by atoms with Gasteiger partial charge in [0.05, 0.1) is 0 Å². The molecule has 2 rings (SSSR count). The summed E-state index contributed by atoms with van der Waals surface area (Å²) in [5, 5.41) is 11.6. The lowest BCUT2D eigenvalue weighted by Gasteiger charge is -2.12. The Labute approximate surface area is 103 Å². The van der Waals surface area contributed by atoms with E-state index in [1.54, 1.807) is 0 Å². The van der Waals surface area contributed by atoms with Gasteiger partial charge in [0.1, 0.15) is 12.2 Å². The van der Waals surface area contributed by atoms with Gasteiger partial charge < -0.3 is 5.11 Å². The minimum absolute atomic E-state index is 0.240. The Hall–Kier alpha value is -1.67. The Morgan fingerprint density at radius 1 is 1.53 bits per heavy atom. The average Bonchev–Trinajstić information content (AvgIpc) is 2.64. The van der Waals surface area contributed by atoms with Gasteiger partial charge in [-0.2, -0.15) is 27.1 Å². The highest BCUT2D eigenvalue weighted by Gasteiger charge is 2.53. The van der Waals surface area contributed by atoms with Crippen LogP contribution in [0.15, 0.2) is 0 Å². The highest BCUT2D eigenvalue weighted by Crippen LogP contribution is 2.51. The number of carbonyl (C=O) groups is 1. The summed E-state index contributed by atoms with van der Waals surface area (Å²) in [5.74, 6) is -6.06. The largest absolute Gasteiger partial charge is 0.480 e. The van der Waals surface area contributed by atoms with Crippen molar-refractivity contribution in [3.63, 3.8) is 0 Å². The van der Waals surface area contributed by atoms with Gasteiger partial charge in [-0.25, -0.2) is 0 Å². The van der Waals surface area contributed by atoms with E-state index in [0.717, 1.165) is 0 Å². The van der Waals surface area contributed by atoms with Gasteiger partial charge in [0.2, 0.25) is 0 Å². The standard InChI is InChI=1S/C10H9F5N2O2/c1-4-2-9(11,12)8-6(4)7(10(13,14)15)16-17(8)3-5(18)19/h4H,2-3H2,1H3,(H,18,19)/t4-/m0/s1. The van der Waals surface area contributed by atoms with Gasteiger partial charge in [-0.15, -0.1) is 0 Å². The van der Waals surface area contributed by atoms with E-state index in [0.29, 0.717) is 0 Å². The molecular formula is C10H9F5N2O2.